The molecule has 0 aromatic carbocycles. The molecule has 1 aromatic rings. The Morgan fingerprint density at radius 1 is 1.33 bits per heavy atom. The van der Waals surface area contributed by atoms with E-state index < -0.39 is 29.4 Å². The molecule has 130 valence electrons. The van der Waals surface area contributed by atoms with Gasteiger partial charge in [0.25, 0.3) is 0 Å². The number of amides is 2. The van der Waals surface area contributed by atoms with Crippen molar-refractivity contribution in [1.29, 1.82) is 0 Å². The predicted octanol–water partition coefficient (Wildman–Crippen LogP) is 1.26. The Bertz CT molecular complexity index is 656. The summed E-state index contributed by atoms with van der Waals surface area (Å²) in [4.78, 5) is 39.6. The van der Waals surface area contributed by atoms with Crippen LogP contribution in [0, 0.1) is 11.8 Å². The topological polar surface area (TPSA) is 88.8 Å². The van der Waals surface area contributed by atoms with Crippen LogP contribution in [0.25, 0.3) is 0 Å². The summed E-state index contributed by atoms with van der Waals surface area (Å²) in [5, 5.41) is 3.21. The third-order valence-electron chi connectivity index (χ3n) is 5.11. The van der Waals surface area contributed by atoms with E-state index in [0.717, 1.165) is 0 Å². The van der Waals surface area contributed by atoms with Gasteiger partial charge in [-0.1, -0.05) is 6.92 Å². The van der Waals surface area contributed by atoms with Crippen molar-refractivity contribution < 1.29 is 23.5 Å². The summed E-state index contributed by atoms with van der Waals surface area (Å²) in [5.41, 5.74) is -1.21. The Hall–Kier alpha value is -2.15. The van der Waals surface area contributed by atoms with Crippen LogP contribution in [0.1, 0.15) is 39.0 Å². The minimum Gasteiger partial charge on any atom is -0.468 e. The fourth-order valence-corrected chi connectivity index (χ4v) is 4.00. The number of ether oxygens (including phenoxy) is 1. The quantitative estimate of drug-likeness (QED) is 0.644. The van der Waals surface area contributed by atoms with Crippen molar-refractivity contribution >= 4 is 17.8 Å². The Balaban J connectivity index is 2.10. The fraction of sp³-hybridized carbons (Fsp3) is 0.588. The summed E-state index contributed by atoms with van der Waals surface area (Å²) in [6.45, 7) is 5.79. The first kappa shape index (κ1) is 16.7. The van der Waals surface area contributed by atoms with E-state index in [1.54, 1.807) is 26.0 Å². The minimum absolute atomic E-state index is 0.213. The largest absolute Gasteiger partial charge is 0.468 e. The average Bonchev–Trinajstić information content (AvgIpc) is 3.25. The van der Waals surface area contributed by atoms with E-state index in [9.17, 15) is 14.4 Å². The molecule has 3 rings (SSSR count). The van der Waals surface area contributed by atoms with E-state index in [4.69, 9.17) is 9.15 Å². The number of fused-ring (bicyclic) bond motifs is 1. The van der Waals surface area contributed by atoms with Crippen LogP contribution in [0.3, 0.4) is 0 Å². The number of imide groups is 1. The van der Waals surface area contributed by atoms with Gasteiger partial charge in [0.05, 0.1) is 30.7 Å². The van der Waals surface area contributed by atoms with Crippen molar-refractivity contribution in [3.05, 3.63) is 24.2 Å². The lowest BCUT2D eigenvalue weighted by atomic mass is 9.78. The summed E-state index contributed by atoms with van der Waals surface area (Å²) in [6, 6.07) is 2.95. The average molecular weight is 334 g/mol. The van der Waals surface area contributed by atoms with E-state index in [0.29, 0.717) is 12.2 Å². The number of furan rings is 1. The molecule has 0 bridgehead atoms. The first-order valence-electron chi connectivity index (χ1n) is 8.35. The van der Waals surface area contributed by atoms with Crippen LogP contribution in [0.5, 0.6) is 0 Å². The summed E-state index contributed by atoms with van der Waals surface area (Å²) in [7, 11) is 0. The molecular formula is C17H22N2O5. The summed E-state index contributed by atoms with van der Waals surface area (Å²) in [5.74, 6) is -1.96. The van der Waals surface area contributed by atoms with E-state index in [2.05, 4.69) is 5.32 Å². The van der Waals surface area contributed by atoms with Crippen molar-refractivity contribution in [2.75, 3.05) is 13.2 Å². The Morgan fingerprint density at radius 2 is 2.08 bits per heavy atom. The van der Waals surface area contributed by atoms with Gasteiger partial charge in [-0.15, -0.1) is 0 Å². The van der Waals surface area contributed by atoms with Crippen molar-refractivity contribution in [2.24, 2.45) is 11.8 Å². The van der Waals surface area contributed by atoms with Crippen molar-refractivity contribution in [3.63, 3.8) is 0 Å². The van der Waals surface area contributed by atoms with E-state index in [1.807, 2.05) is 6.92 Å². The monoisotopic (exact) mass is 334 g/mol. The molecule has 7 nitrogen and oxygen atoms in total. The zero-order chi connectivity index (χ0) is 17.5. The lowest BCUT2D eigenvalue weighted by molar-refractivity contribution is -0.156. The molecule has 2 aliphatic rings. The van der Waals surface area contributed by atoms with Gasteiger partial charge in [-0.05, 0) is 32.4 Å². The van der Waals surface area contributed by atoms with Crippen molar-refractivity contribution in [3.8, 4) is 0 Å². The van der Waals surface area contributed by atoms with Gasteiger partial charge >= 0.3 is 5.97 Å². The Kier molecular flexibility index (Phi) is 4.21. The molecule has 0 spiro atoms. The maximum atomic E-state index is 12.9. The molecule has 2 aliphatic heterocycles. The van der Waals surface area contributed by atoms with Crippen molar-refractivity contribution in [2.45, 2.75) is 38.8 Å². The number of nitrogens with zero attached hydrogens (tertiary/aromatic N) is 1. The Morgan fingerprint density at radius 3 is 2.62 bits per heavy atom. The number of carbonyl (C=O) groups is 3. The zero-order valence-electron chi connectivity index (χ0n) is 14.1. The zero-order valence-corrected chi connectivity index (χ0v) is 14.1. The normalized spacial score (nSPS) is 32.3. The van der Waals surface area contributed by atoms with E-state index >= 15 is 0 Å². The number of esters is 1. The van der Waals surface area contributed by atoms with Gasteiger partial charge in [0.15, 0.2) is 0 Å². The maximum Gasteiger partial charge on any atom is 0.327 e. The smallest absolute Gasteiger partial charge is 0.327 e. The molecule has 7 heteroatoms. The summed E-state index contributed by atoms with van der Waals surface area (Å²) in [6.07, 6.45) is 1.86. The van der Waals surface area contributed by atoms with Crippen LogP contribution in [0.4, 0.5) is 0 Å². The van der Waals surface area contributed by atoms with Gasteiger partial charge in [-0.3, -0.25) is 24.6 Å². The molecule has 2 fully saturated rings. The van der Waals surface area contributed by atoms with Crippen LogP contribution in [-0.2, 0) is 19.1 Å². The molecule has 2 amide bonds. The third-order valence-corrected chi connectivity index (χ3v) is 5.11. The standard InChI is InChI=1S/C17H22N2O5/c1-4-17(16(22)23-6-3)12-11(14(20)19(5-2)15(12)21)13(18-17)10-8-7-9-24-10/h7-9,11-13,18H,4-6H2,1-3H3/t11-,12-,13-,17+/m0/s1. The molecule has 2 saturated heterocycles. The van der Waals surface area contributed by atoms with Crippen molar-refractivity contribution in [1.82, 2.24) is 10.2 Å². The van der Waals surface area contributed by atoms with Crippen LogP contribution in [-0.4, -0.2) is 41.4 Å². The second-order valence-electron chi connectivity index (χ2n) is 6.11. The second kappa shape index (κ2) is 6.05. The van der Waals surface area contributed by atoms with Gasteiger partial charge in [-0.2, -0.15) is 0 Å². The first-order chi connectivity index (χ1) is 11.5. The number of rotatable bonds is 5. The number of hydrogen-bond donors (Lipinski definition) is 1. The molecule has 1 N–H and O–H groups in total. The lowest BCUT2D eigenvalue weighted by Gasteiger charge is -2.31. The van der Waals surface area contributed by atoms with Gasteiger partial charge in [-0.25, -0.2) is 0 Å². The molecule has 0 saturated carbocycles. The maximum absolute atomic E-state index is 12.9. The van der Waals surface area contributed by atoms with Crippen LogP contribution in [0.15, 0.2) is 22.8 Å². The second-order valence-corrected chi connectivity index (χ2v) is 6.11. The number of likely N-dealkylation sites (tertiary alicyclic amines) is 1. The molecule has 0 unspecified atom stereocenters. The summed E-state index contributed by atoms with van der Waals surface area (Å²) >= 11 is 0. The molecule has 0 aliphatic carbocycles. The highest BCUT2D eigenvalue weighted by molar-refractivity contribution is 6.09. The molecule has 4 atom stereocenters. The molecule has 1 aromatic heterocycles. The van der Waals surface area contributed by atoms with Gasteiger partial charge in [0.1, 0.15) is 11.3 Å². The highest BCUT2D eigenvalue weighted by Gasteiger charge is 2.68. The highest BCUT2D eigenvalue weighted by Crippen LogP contribution is 2.50. The number of hydrogen-bond acceptors (Lipinski definition) is 6. The third kappa shape index (κ3) is 2.11. The van der Waals surface area contributed by atoms with Crippen LogP contribution < -0.4 is 5.32 Å². The first-order valence-corrected chi connectivity index (χ1v) is 8.35. The molecule has 0 radical (unpaired) electrons. The van der Waals surface area contributed by atoms with Gasteiger partial charge < -0.3 is 9.15 Å². The minimum atomic E-state index is -1.21. The predicted molar refractivity (Wildman–Crippen MR) is 83.6 cm³/mol. The van der Waals surface area contributed by atoms with E-state index in [-0.39, 0.29) is 25.0 Å². The number of carbonyl (C=O) groups excluding carboxylic acids is 3. The fourth-order valence-electron chi connectivity index (χ4n) is 4.00. The summed E-state index contributed by atoms with van der Waals surface area (Å²) < 4.78 is 10.7. The molecular weight excluding hydrogens is 312 g/mol. The van der Waals surface area contributed by atoms with Crippen LogP contribution in [0.2, 0.25) is 0 Å². The Labute approximate surface area is 140 Å². The van der Waals surface area contributed by atoms with Gasteiger partial charge in [0, 0.05) is 6.54 Å². The number of nitrogens with one attached hydrogen (secondary N) is 1. The van der Waals surface area contributed by atoms with E-state index in [1.165, 1.54) is 11.2 Å². The molecule has 24 heavy (non-hydrogen) atoms. The SMILES string of the molecule is CCOC(=O)[C@]1(CC)N[C@@H](c2ccco2)[C@H]2C(=O)N(CC)C(=O)[C@H]21. The highest BCUT2D eigenvalue weighted by atomic mass is 16.5. The van der Waals surface area contributed by atoms with Gasteiger partial charge in [0.2, 0.25) is 11.8 Å². The van der Waals surface area contributed by atoms with Crippen LogP contribution >= 0.6 is 0 Å². The molecule has 3 heterocycles. The lowest BCUT2D eigenvalue weighted by Crippen LogP contribution is -2.56.